The maximum absolute atomic E-state index is 12.6. The van der Waals surface area contributed by atoms with Gasteiger partial charge in [-0.3, -0.25) is 9.36 Å². The molecule has 0 bridgehead atoms. The number of allylic oxidation sites excluding steroid dienone is 1. The lowest BCUT2D eigenvalue weighted by Gasteiger charge is -2.30. The number of nitrogens with zero attached hydrogens (tertiary/aromatic N) is 2. The molecule has 0 radical (unpaired) electrons. The predicted molar refractivity (Wildman–Crippen MR) is 102 cm³/mol. The summed E-state index contributed by atoms with van der Waals surface area (Å²) in [7, 11) is 1.66. The van der Waals surface area contributed by atoms with E-state index in [0.29, 0.717) is 5.57 Å². The van der Waals surface area contributed by atoms with Crippen LogP contribution in [0.1, 0.15) is 18.5 Å². The summed E-state index contributed by atoms with van der Waals surface area (Å²) in [5, 5.41) is 6.05. The van der Waals surface area contributed by atoms with Crippen molar-refractivity contribution in [2.45, 2.75) is 13.0 Å². The third kappa shape index (κ3) is 2.53. The number of para-hydroxylation sites is 2. The minimum Gasteiger partial charge on any atom is -0.355 e. The van der Waals surface area contributed by atoms with E-state index < -0.39 is 0 Å². The summed E-state index contributed by atoms with van der Waals surface area (Å²) >= 11 is 3.48. The Balaban J connectivity index is 2.01. The summed E-state index contributed by atoms with van der Waals surface area (Å²) in [4.78, 5) is 17.3. The molecule has 25 heavy (non-hydrogen) atoms. The van der Waals surface area contributed by atoms with Crippen LogP contribution in [0.25, 0.3) is 11.0 Å². The standard InChI is InChI=1S/C19H17BrN4O/c1-11-16(18(25)21-2)17(12-7-9-13(20)10-8-12)24-15-6-4-3-5-14(15)23-19(24)22-11/h3-10,17H,1-2H3,(H,21,25)(H,22,23). The van der Waals surface area contributed by atoms with Crippen molar-refractivity contribution in [3.8, 4) is 0 Å². The van der Waals surface area contributed by atoms with Gasteiger partial charge in [0.25, 0.3) is 5.91 Å². The first-order chi connectivity index (χ1) is 12.1. The van der Waals surface area contributed by atoms with E-state index in [1.54, 1.807) is 7.05 Å². The molecule has 0 spiro atoms. The van der Waals surface area contributed by atoms with E-state index in [1.165, 1.54) is 0 Å². The van der Waals surface area contributed by atoms with Crippen molar-refractivity contribution in [3.63, 3.8) is 0 Å². The average molecular weight is 397 g/mol. The molecule has 5 nitrogen and oxygen atoms in total. The minimum absolute atomic E-state index is 0.0960. The lowest BCUT2D eigenvalue weighted by Crippen LogP contribution is -2.33. The lowest BCUT2D eigenvalue weighted by molar-refractivity contribution is -0.117. The zero-order chi connectivity index (χ0) is 17.6. The Bertz CT molecular complexity index is 1000. The van der Waals surface area contributed by atoms with Crippen LogP contribution >= 0.6 is 15.9 Å². The van der Waals surface area contributed by atoms with E-state index in [-0.39, 0.29) is 11.9 Å². The Morgan fingerprint density at radius 1 is 1.20 bits per heavy atom. The van der Waals surface area contributed by atoms with Gasteiger partial charge in [0, 0.05) is 17.2 Å². The molecule has 2 heterocycles. The van der Waals surface area contributed by atoms with E-state index in [0.717, 1.165) is 32.7 Å². The van der Waals surface area contributed by atoms with Crippen LogP contribution in [0.4, 0.5) is 5.95 Å². The van der Waals surface area contributed by atoms with Gasteiger partial charge >= 0.3 is 0 Å². The molecule has 0 aliphatic carbocycles. The molecule has 1 aliphatic rings. The average Bonchev–Trinajstić information content (AvgIpc) is 2.98. The number of likely N-dealkylation sites (N-methyl/N-ethyl adjacent to an activating group) is 1. The second-order valence-corrected chi connectivity index (χ2v) is 6.91. The lowest BCUT2D eigenvalue weighted by atomic mass is 9.94. The summed E-state index contributed by atoms with van der Waals surface area (Å²) in [6.45, 7) is 1.92. The van der Waals surface area contributed by atoms with Crippen LogP contribution in [0.15, 0.2) is 64.3 Å². The normalized spacial score (nSPS) is 16.5. The molecular weight excluding hydrogens is 380 g/mol. The number of carbonyl (C=O) groups excluding carboxylic acids is 1. The summed E-state index contributed by atoms with van der Waals surface area (Å²) in [6, 6.07) is 15.8. The van der Waals surface area contributed by atoms with Gasteiger partial charge in [-0.1, -0.05) is 40.2 Å². The van der Waals surface area contributed by atoms with E-state index in [2.05, 4.69) is 31.1 Å². The molecule has 1 atom stereocenters. The topological polar surface area (TPSA) is 59.0 Å². The fourth-order valence-electron chi connectivity index (χ4n) is 3.35. The number of hydrogen-bond donors (Lipinski definition) is 2. The zero-order valence-corrected chi connectivity index (χ0v) is 15.5. The van der Waals surface area contributed by atoms with Crippen molar-refractivity contribution < 1.29 is 4.79 Å². The quantitative estimate of drug-likeness (QED) is 0.691. The molecule has 1 aliphatic heterocycles. The fourth-order valence-corrected chi connectivity index (χ4v) is 3.62. The van der Waals surface area contributed by atoms with E-state index in [9.17, 15) is 4.79 Å². The van der Waals surface area contributed by atoms with Crippen LogP contribution in [-0.4, -0.2) is 22.5 Å². The predicted octanol–water partition coefficient (Wildman–Crippen LogP) is 3.83. The van der Waals surface area contributed by atoms with Crippen LogP contribution in [0, 0.1) is 0 Å². The van der Waals surface area contributed by atoms with Gasteiger partial charge in [0.15, 0.2) is 0 Å². The van der Waals surface area contributed by atoms with Crippen molar-refractivity contribution in [2.75, 3.05) is 12.4 Å². The highest BCUT2D eigenvalue weighted by Crippen LogP contribution is 2.39. The van der Waals surface area contributed by atoms with Gasteiger partial charge in [-0.2, -0.15) is 0 Å². The highest BCUT2D eigenvalue weighted by molar-refractivity contribution is 9.10. The molecule has 1 unspecified atom stereocenters. The Kier molecular flexibility index (Phi) is 3.84. The molecule has 6 heteroatoms. The summed E-state index contributed by atoms with van der Waals surface area (Å²) in [5.74, 6) is 0.653. The number of aromatic nitrogens is 2. The maximum atomic E-state index is 12.6. The Hall–Kier alpha value is -2.60. The number of halogens is 1. The number of rotatable bonds is 2. The molecule has 0 fully saturated rings. The number of carbonyl (C=O) groups is 1. The highest BCUT2D eigenvalue weighted by Gasteiger charge is 2.33. The van der Waals surface area contributed by atoms with Gasteiger partial charge in [-0.25, -0.2) is 4.98 Å². The Labute approximate surface area is 153 Å². The summed E-state index contributed by atoms with van der Waals surface area (Å²) < 4.78 is 3.10. The molecule has 1 amide bonds. The Morgan fingerprint density at radius 2 is 1.92 bits per heavy atom. The number of amides is 1. The number of nitrogens with one attached hydrogen (secondary N) is 2. The monoisotopic (exact) mass is 396 g/mol. The zero-order valence-electron chi connectivity index (χ0n) is 13.9. The molecule has 126 valence electrons. The minimum atomic E-state index is -0.239. The van der Waals surface area contributed by atoms with Crippen molar-refractivity contribution in [1.29, 1.82) is 0 Å². The molecule has 1 aromatic heterocycles. The van der Waals surface area contributed by atoms with E-state index in [4.69, 9.17) is 4.98 Å². The van der Waals surface area contributed by atoms with Gasteiger partial charge in [-0.15, -0.1) is 0 Å². The van der Waals surface area contributed by atoms with Gasteiger partial charge in [0.1, 0.15) is 0 Å². The molecule has 3 aromatic rings. The molecular formula is C19H17BrN4O. The molecule has 4 rings (SSSR count). The largest absolute Gasteiger partial charge is 0.355 e. The highest BCUT2D eigenvalue weighted by atomic mass is 79.9. The van der Waals surface area contributed by atoms with E-state index >= 15 is 0 Å². The number of anilines is 1. The summed E-state index contributed by atoms with van der Waals surface area (Å²) in [6.07, 6.45) is 0. The van der Waals surface area contributed by atoms with Crippen LogP contribution in [0.3, 0.4) is 0 Å². The first kappa shape index (κ1) is 15.9. The second kappa shape index (κ2) is 6.04. The van der Waals surface area contributed by atoms with Crippen molar-refractivity contribution in [2.24, 2.45) is 0 Å². The second-order valence-electron chi connectivity index (χ2n) is 5.99. The van der Waals surface area contributed by atoms with Crippen molar-refractivity contribution in [3.05, 3.63) is 69.8 Å². The van der Waals surface area contributed by atoms with Gasteiger partial charge in [-0.05, 0) is 36.8 Å². The Morgan fingerprint density at radius 3 is 2.64 bits per heavy atom. The molecule has 2 N–H and O–H groups in total. The first-order valence-corrected chi connectivity index (χ1v) is 8.81. The SMILES string of the molecule is CNC(=O)C1=C(C)Nc2nc3ccccc3n2C1c1ccc(Br)cc1. The smallest absolute Gasteiger partial charge is 0.251 e. The number of imidazole rings is 1. The van der Waals surface area contributed by atoms with Gasteiger partial charge < -0.3 is 10.6 Å². The number of fused-ring (bicyclic) bond motifs is 3. The van der Waals surface area contributed by atoms with Crippen LogP contribution < -0.4 is 10.6 Å². The van der Waals surface area contributed by atoms with Gasteiger partial charge in [0.2, 0.25) is 5.95 Å². The van der Waals surface area contributed by atoms with Gasteiger partial charge in [0.05, 0.1) is 22.6 Å². The van der Waals surface area contributed by atoms with Crippen LogP contribution in [0.5, 0.6) is 0 Å². The van der Waals surface area contributed by atoms with Crippen LogP contribution in [0.2, 0.25) is 0 Å². The van der Waals surface area contributed by atoms with E-state index in [1.807, 2.05) is 55.5 Å². The summed E-state index contributed by atoms with van der Waals surface area (Å²) in [5.41, 5.74) is 4.44. The first-order valence-electron chi connectivity index (χ1n) is 8.02. The van der Waals surface area contributed by atoms with Crippen molar-refractivity contribution in [1.82, 2.24) is 14.9 Å². The number of hydrogen-bond acceptors (Lipinski definition) is 3. The fraction of sp³-hybridized carbons (Fsp3) is 0.158. The maximum Gasteiger partial charge on any atom is 0.251 e. The third-order valence-corrected chi connectivity index (χ3v) is 5.02. The number of benzene rings is 2. The molecule has 2 aromatic carbocycles. The molecule has 0 saturated carbocycles. The third-order valence-electron chi connectivity index (χ3n) is 4.49. The van der Waals surface area contributed by atoms with Crippen molar-refractivity contribution >= 4 is 38.8 Å². The van der Waals surface area contributed by atoms with Crippen LogP contribution in [-0.2, 0) is 4.79 Å². The molecule has 0 saturated heterocycles.